The molecule has 1 aromatic carbocycles. The van der Waals surface area contributed by atoms with Crippen LogP contribution in [-0.2, 0) is 6.42 Å². The second-order valence-electron chi connectivity index (χ2n) is 4.05. The average molecular weight is 207 g/mol. The van der Waals surface area contributed by atoms with Gasteiger partial charge >= 0.3 is 0 Å². The van der Waals surface area contributed by atoms with Crippen molar-refractivity contribution >= 4 is 0 Å². The maximum Gasteiger partial charge on any atom is 0.0636 e. The summed E-state index contributed by atoms with van der Waals surface area (Å²) in [6.07, 6.45) is 1.85. The number of aliphatic hydroxyl groups excluding tert-OH is 1. The molecule has 0 saturated carbocycles. The van der Waals surface area contributed by atoms with E-state index in [0.29, 0.717) is 12.6 Å². The highest BCUT2D eigenvalue weighted by molar-refractivity contribution is 5.15. The van der Waals surface area contributed by atoms with E-state index < -0.39 is 0 Å². The van der Waals surface area contributed by atoms with Crippen LogP contribution in [0.4, 0.5) is 0 Å². The second-order valence-corrected chi connectivity index (χ2v) is 4.05. The van der Waals surface area contributed by atoms with Crippen LogP contribution in [0.1, 0.15) is 25.8 Å². The largest absolute Gasteiger partial charge is 0.392 e. The molecule has 0 amide bonds. The molecule has 2 unspecified atom stereocenters. The molecule has 84 valence electrons. The first kappa shape index (κ1) is 12.2. The van der Waals surface area contributed by atoms with Gasteiger partial charge in [-0.3, -0.25) is 0 Å². The van der Waals surface area contributed by atoms with Gasteiger partial charge in [0.1, 0.15) is 0 Å². The van der Waals surface area contributed by atoms with Crippen molar-refractivity contribution in [2.24, 2.45) is 0 Å². The molecule has 15 heavy (non-hydrogen) atoms. The van der Waals surface area contributed by atoms with Gasteiger partial charge in [-0.05, 0) is 25.3 Å². The summed E-state index contributed by atoms with van der Waals surface area (Å²) >= 11 is 0. The Morgan fingerprint density at radius 2 is 1.93 bits per heavy atom. The van der Waals surface area contributed by atoms with Crippen molar-refractivity contribution in [3.05, 3.63) is 35.9 Å². The molecule has 0 bridgehead atoms. The van der Waals surface area contributed by atoms with Gasteiger partial charge in [-0.25, -0.2) is 0 Å². The Hall–Kier alpha value is -0.860. The van der Waals surface area contributed by atoms with Crippen molar-refractivity contribution in [2.45, 2.75) is 38.8 Å². The molecule has 0 spiro atoms. The fraction of sp³-hybridized carbons (Fsp3) is 0.538. The van der Waals surface area contributed by atoms with Crippen LogP contribution in [0.15, 0.2) is 30.3 Å². The van der Waals surface area contributed by atoms with Crippen LogP contribution in [0.2, 0.25) is 0 Å². The molecule has 0 radical (unpaired) electrons. The lowest BCUT2D eigenvalue weighted by Gasteiger charge is -2.18. The van der Waals surface area contributed by atoms with Gasteiger partial charge in [-0.15, -0.1) is 0 Å². The summed E-state index contributed by atoms with van der Waals surface area (Å²) in [5.41, 5.74) is 1.35. The maximum atomic E-state index is 9.20. The Morgan fingerprint density at radius 3 is 2.47 bits per heavy atom. The van der Waals surface area contributed by atoms with Crippen molar-refractivity contribution in [2.75, 3.05) is 6.54 Å². The monoisotopic (exact) mass is 207 g/mol. The minimum Gasteiger partial charge on any atom is -0.392 e. The van der Waals surface area contributed by atoms with Gasteiger partial charge in [0.15, 0.2) is 0 Å². The zero-order chi connectivity index (χ0) is 11.1. The maximum absolute atomic E-state index is 9.20. The van der Waals surface area contributed by atoms with Gasteiger partial charge in [-0.2, -0.15) is 0 Å². The van der Waals surface area contributed by atoms with Crippen molar-refractivity contribution in [3.63, 3.8) is 0 Å². The van der Waals surface area contributed by atoms with E-state index in [1.807, 2.05) is 13.0 Å². The van der Waals surface area contributed by atoms with Crippen LogP contribution in [0.25, 0.3) is 0 Å². The topological polar surface area (TPSA) is 32.3 Å². The molecule has 2 nitrogen and oxygen atoms in total. The van der Waals surface area contributed by atoms with Crippen molar-refractivity contribution in [1.82, 2.24) is 5.32 Å². The Labute approximate surface area is 92.3 Å². The molecule has 0 aliphatic rings. The molecular formula is C13H21NO. The van der Waals surface area contributed by atoms with Crippen LogP contribution in [0.5, 0.6) is 0 Å². The SMILES string of the molecule is CCC(Cc1ccccc1)NCC(C)O. The van der Waals surface area contributed by atoms with Crippen molar-refractivity contribution < 1.29 is 5.11 Å². The van der Waals surface area contributed by atoms with Gasteiger partial charge in [-0.1, -0.05) is 37.3 Å². The van der Waals surface area contributed by atoms with E-state index in [0.717, 1.165) is 12.8 Å². The van der Waals surface area contributed by atoms with Crippen LogP contribution in [0, 0.1) is 0 Å². The van der Waals surface area contributed by atoms with E-state index in [1.54, 1.807) is 0 Å². The lowest BCUT2D eigenvalue weighted by Crippen LogP contribution is -2.35. The summed E-state index contributed by atoms with van der Waals surface area (Å²) in [4.78, 5) is 0. The third kappa shape index (κ3) is 4.96. The highest BCUT2D eigenvalue weighted by Gasteiger charge is 2.07. The van der Waals surface area contributed by atoms with Crippen LogP contribution in [-0.4, -0.2) is 23.8 Å². The van der Waals surface area contributed by atoms with E-state index in [9.17, 15) is 5.11 Å². The normalized spacial score (nSPS) is 14.9. The molecule has 0 aromatic heterocycles. The van der Waals surface area contributed by atoms with E-state index in [-0.39, 0.29) is 6.10 Å². The van der Waals surface area contributed by atoms with Crippen LogP contribution < -0.4 is 5.32 Å². The van der Waals surface area contributed by atoms with Gasteiger partial charge in [0.25, 0.3) is 0 Å². The summed E-state index contributed by atoms with van der Waals surface area (Å²) in [5.74, 6) is 0. The summed E-state index contributed by atoms with van der Waals surface area (Å²) in [5, 5.41) is 12.6. The first-order chi connectivity index (χ1) is 7.22. The van der Waals surface area contributed by atoms with Gasteiger partial charge in [0.2, 0.25) is 0 Å². The van der Waals surface area contributed by atoms with E-state index >= 15 is 0 Å². The number of aliphatic hydroxyl groups is 1. The second kappa shape index (κ2) is 6.59. The Morgan fingerprint density at radius 1 is 1.27 bits per heavy atom. The summed E-state index contributed by atoms with van der Waals surface area (Å²) in [6.45, 7) is 4.65. The molecule has 1 rings (SSSR count). The van der Waals surface area contributed by atoms with Crippen LogP contribution >= 0.6 is 0 Å². The summed E-state index contributed by atoms with van der Waals surface area (Å²) in [7, 11) is 0. The molecule has 0 aliphatic carbocycles. The highest BCUT2D eigenvalue weighted by atomic mass is 16.3. The molecular weight excluding hydrogens is 186 g/mol. The Balaban J connectivity index is 2.40. The lowest BCUT2D eigenvalue weighted by atomic mass is 10.0. The predicted octanol–water partition coefficient (Wildman–Crippen LogP) is 1.98. The zero-order valence-corrected chi connectivity index (χ0v) is 9.61. The highest BCUT2D eigenvalue weighted by Crippen LogP contribution is 2.05. The third-order valence-electron chi connectivity index (χ3n) is 2.52. The van der Waals surface area contributed by atoms with Crippen LogP contribution in [0.3, 0.4) is 0 Å². The Kier molecular flexibility index (Phi) is 5.37. The van der Waals surface area contributed by atoms with E-state index in [4.69, 9.17) is 0 Å². The van der Waals surface area contributed by atoms with Gasteiger partial charge in [0.05, 0.1) is 6.10 Å². The minimum atomic E-state index is -0.269. The Bertz CT molecular complexity index is 258. The molecule has 0 fully saturated rings. The summed E-state index contributed by atoms with van der Waals surface area (Å²) < 4.78 is 0. The number of benzene rings is 1. The standard InChI is InChI=1S/C13H21NO/c1-3-13(14-10-11(2)15)9-12-7-5-4-6-8-12/h4-8,11,13-15H,3,9-10H2,1-2H3. The first-order valence-electron chi connectivity index (χ1n) is 5.67. The van der Waals surface area contributed by atoms with Gasteiger partial charge in [0, 0.05) is 12.6 Å². The van der Waals surface area contributed by atoms with Crippen molar-refractivity contribution in [3.8, 4) is 0 Å². The quantitative estimate of drug-likeness (QED) is 0.747. The number of hydrogen-bond donors (Lipinski definition) is 2. The minimum absolute atomic E-state index is 0.269. The first-order valence-corrected chi connectivity index (χ1v) is 5.67. The molecule has 0 heterocycles. The van der Waals surface area contributed by atoms with Crippen molar-refractivity contribution in [1.29, 1.82) is 0 Å². The molecule has 0 saturated heterocycles. The number of hydrogen-bond acceptors (Lipinski definition) is 2. The molecule has 2 N–H and O–H groups in total. The summed E-state index contributed by atoms with van der Waals surface area (Å²) in [6, 6.07) is 10.9. The zero-order valence-electron chi connectivity index (χ0n) is 9.61. The fourth-order valence-electron chi connectivity index (χ4n) is 1.60. The average Bonchev–Trinajstić information content (AvgIpc) is 2.25. The number of nitrogens with one attached hydrogen (secondary N) is 1. The molecule has 2 atom stereocenters. The molecule has 1 aromatic rings. The van der Waals surface area contributed by atoms with E-state index in [2.05, 4.69) is 36.5 Å². The smallest absolute Gasteiger partial charge is 0.0636 e. The molecule has 2 heteroatoms. The van der Waals surface area contributed by atoms with Gasteiger partial charge < -0.3 is 10.4 Å². The lowest BCUT2D eigenvalue weighted by molar-refractivity contribution is 0.185. The predicted molar refractivity (Wildman–Crippen MR) is 63.9 cm³/mol. The van der Waals surface area contributed by atoms with E-state index in [1.165, 1.54) is 5.56 Å². The third-order valence-corrected chi connectivity index (χ3v) is 2.52. The fourth-order valence-corrected chi connectivity index (χ4v) is 1.60. The number of rotatable bonds is 6. The molecule has 0 aliphatic heterocycles.